The predicted molar refractivity (Wildman–Crippen MR) is 42.0 cm³/mol. The highest BCUT2D eigenvalue weighted by atomic mass is 16.5. The van der Waals surface area contributed by atoms with Crippen LogP contribution in [0.3, 0.4) is 0 Å². The van der Waals surface area contributed by atoms with E-state index in [2.05, 4.69) is 10.5 Å². The molecule has 1 aliphatic rings. The summed E-state index contributed by atoms with van der Waals surface area (Å²) < 4.78 is 4.93. The van der Waals surface area contributed by atoms with E-state index in [0.717, 1.165) is 5.69 Å². The molecule has 5 nitrogen and oxygen atoms in total. The van der Waals surface area contributed by atoms with Gasteiger partial charge in [-0.3, -0.25) is 4.90 Å². The van der Waals surface area contributed by atoms with Gasteiger partial charge in [0.05, 0.1) is 5.69 Å². The van der Waals surface area contributed by atoms with Crippen molar-refractivity contribution in [1.82, 2.24) is 10.5 Å². The van der Waals surface area contributed by atoms with Crippen LogP contribution in [0.2, 0.25) is 0 Å². The number of urea groups is 1. The number of rotatable bonds is 1. The van der Waals surface area contributed by atoms with Gasteiger partial charge in [0.25, 0.3) is 0 Å². The molecule has 1 aromatic rings. The molecule has 0 atom stereocenters. The largest absolute Gasteiger partial charge is 0.338 e. The van der Waals surface area contributed by atoms with E-state index in [9.17, 15) is 4.79 Å². The Morgan fingerprint density at radius 3 is 3.08 bits per heavy atom. The molecule has 1 fully saturated rings. The average molecular weight is 167 g/mol. The molecule has 0 bridgehead atoms. The van der Waals surface area contributed by atoms with Crippen molar-refractivity contribution in [3.8, 4) is 0 Å². The third-order valence-electron chi connectivity index (χ3n) is 1.74. The van der Waals surface area contributed by atoms with Crippen molar-refractivity contribution in [3.63, 3.8) is 0 Å². The molecule has 2 heterocycles. The molecule has 1 aliphatic heterocycles. The third kappa shape index (κ3) is 1.03. The average Bonchev–Trinajstić information content (AvgIpc) is 2.58. The Balaban J connectivity index is 2.24. The van der Waals surface area contributed by atoms with Crippen molar-refractivity contribution >= 4 is 11.9 Å². The van der Waals surface area contributed by atoms with Gasteiger partial charge in [-0.05, 0) is 6.92 Å². The minimum Gasteiger partial charge on any atom is -0.338 e. The maximum absolute atomic E-state index is 11.1. The van der Waals surface area contributed by atoms with E-state index < -0.39 is 0 Å². The zero-order chi connectivity index (χ0) is 8.55. The highest BCUT2D eigenvalue weighted by molar-refractivity contribution is 5.92. The number of carbonyl (C=O) groups is 1. The molecular weight excluding hydrogens is 158 g/mol. The smallest absolute Gasteiger partial charge is 0.324 e. The van der Waals surface area contributed by atoms with Gasteiger partial charge in [0.15, 0.2) is 0 Å². The summed E-state index contributed by atoms with van der Waals surface area (Å²) in [5.74, 6) is 0.516. The molecule has 1 N–H and O–H groups in total. The Labute approximate surface area is 69.3 Å². The lowest BCUT2D eigenvalue weighted by molar-refractivity contribution is 0.250. The lowest BCUT2D eigenvalue weighted by atomic mass is 10.4. The van der Waals surface area contributed by atoms with E-state index in [1.165, 1.54) is 4.90 Å². The van der Waals surface area contributed by atoms with Crippen LogP contribution in [0.1, 0.15) is 5.69 Å². The topological polar surface area (TPSA) is 58.4 Å². The molecule has 0 saturated carbocycles. The first-order valence-electron chi connectivity index (χ1n) is 3.76. The molecule has 2 rings (SSSR count). The van der Waals surface area contributed by atoms with Gasteiger partial charge in [-0.2, -0.15) is 0 Å². The molecule has 0 aromatic carbocycles. The van der Waals surface area contributed by atoms with Crippen molar-refractivity contribution in [2.75, 3.05) is 18.0 Å². The first-order valence-corrected chi connectivity index (χ1v) is 3.76. The maximum Gasteiger partial charge on any atom is 0.324 e. The van der Waals surface area contributed by atoms with Gasteiger partial charge < -0.3 is 9.84 Å². The highest BCUT2D eigenvalue weighted by Crippen LogP contribution is 2.16. The van der Waals surface area contributed by atoms with E-state index in [1.54, 1.807) is 6.07 Å². The standard InChI is InChI=1S/C7H9N3O2/c1-5-4-6(12-9-5)10-3-2-8-7(10)11/h4H,2-3H2,1H3,(H,8,11). The molecular formula is C7H9N3O2. The zero-order valence-electron chi connectivity index (χ0n) is 6.70. The van der Waals surface area contributed by atoms with Gasteiger partial charge in [-0.25, -0.2) is 4.79 Å². The number of carbonyl (C=O) groups excluding carboxylic acids is 1. The second-order valence-corrected chi connectivity index (χ2v) is 2.69. The maximum atomic E-state index is 11.1. The minimum atomic E-state index is -0.119. The van der Waals surface area contributed by atoms with Crippen LogP contribution in [0.15, 0.2) is 10.6 Å². The summed E-state index contributed by atoms with van der Waals surface area (Å²) in [5.41, 5.74) is 0.782. The number of aromatic nitrogens is 1. The fraction of sp³-hybridized carbons (Fsp3) is 0.429. The van der Waals surface area contributed by atoms with Gasteiger partial charge in [-0.1, -0.05) is 5.16 Å². The van der Waals surface area contributed by atoms with E-state index in [1.807, 2.05) is 6.92 Å². The van der Waals surface area contributed by atoms with Crippen molar-refractivity contribution in [3.05, 3.63) is 11.8 Å². The number of nitrogens with one attached hydrogen (secondary N) is 1. The van der Waals surface area contributed by atoms with Crippen molar-refractivity contribution in [2.24, 2.45) is 0 Å². The Kier molecular flexibility index (Phi) is 1.49. The van der Waals surface area contributed by atoms with Crippen LogP contribution < -0.4 is 10.2 Å². The second kappa shape index (κ2) is 2.51. The lowest BCUT2D eigenvalue weighted by Gasteiger charge is -2.07. The normalized spacial score (nSPS) is 16.8. The SMILES string of the molecule is Cc1cc(N2CCNC2=O)on1. The molecule has 1 saturated heterocycles. The van der Waals surface area contributed by atoms with Gasteiger partial charge in [-0.15, -0.1) is 0 Å². The van der Waals surface area contributed by atoms with Gasteiger partial charge in [0.2, 0.25) is 5.88 Å². The molecule has 0 spiro atoms. The van der Waals surface area contributed by atoms with Crippen molar-refractivity contribution < 1.29 is 9.32 Å². The molecule has 1 aromatic heterocycles. The summed E-state index contributed by atoms with van der Waals surface area (Å²) in [6, 6.07) is 1.62. The fourth-order valence-corrected chi connectivity index (χ4v) is 1.16. The first-order chi connectivity index (χ1) is 5.77. The quantitative estimate of drug-likeness (QED) is 0.663. The minimum absolute atomic E-state index is 0.119. The molecule has 5 heteroatoms. The summed E-state index contributed by atoms with van der Waals surface area (Å²) in [6.45, 7) is 3.13. The zero-order valence-corrected chi connectivity index (χ0v) is 6.70. The van der Waals surface area contributed by atoms with Crippen LogP contribution in [-0.4, -0.2) is 24.3 Å². The Bertz CT molecular complexity index is 307. The predicted octanol–water partition coefficient (Wildman–Crippen LogP) is 0.513. The molecule has 0 radical (unpaired) electrons. The number of amides is 2. The summed E-state index contributed by atoms with van der Waals surface area (Å²) in [4.78, 5) is 12.6. The van der Waals surface area contributed by atoms with E-state index in [4.69, 9.17) is 4.52 Å². The second-order valence-electron chi connectivity index (χ2n) is 2.69. The van der Waals surface area contributed by atoms with Crippen LogP contribution in [-0.2, 0) is 0 Å². The number of nitrogens with zero attached hydrogens (tertiary/aromatic N) is 2. The van der Waals surface area contributed by atoms with Crippen LogP contribution in [0.25, 0.3) is 0 Å². The summed E-state index contributed by atoms with van der Waals surface area (Å²) in [6.07, 6.45) is 0. The van der Waals surface area contributed by atoms with Crippen LogP contribution in [0.4, 0.5) is 10.7 Å². The highest BCUT2D eigenvalue weighted by Gasteiger charge is 2.23. The van der Waals surface area contributed by atoms with Gasteiger partial charge in [0, 0.05) is 19.2 Å². The van der Waals surface area contributed by atoms with Crippen molar-refractivity contribution in [1.29, 1.82) is 0 Å². The molecule has 64 valence electrons. The van der Waals surface area contributed by atoms with Crippen LogP contribution in [0, 0.1) is 6.92 Å². The Hall–Kier alpha value is -1.52. The molecule has 12 heavy (non-hydrogen) atoms. The lowest BCUT2D eigenvalue weighted by Crippen LogP contribution is -2.27. The Morgan fingerprint density at radius 2 is 2.58 bits per heavy atom. The summed E-state index contributed by atoms with van der Waals surface area (Å²) in [5, 5.41) is 6.38. The van der Waals surface area contributed by atoms with Crippen LogP contribution >= 0.6 is 0 Å². The van der Waals surface area contributed by atoms with E-state index in [-0.39, 0.29) is 6.03 Å². The monoisotopic (exact) mass is 167 g/mol. The molecule has 0 unspecified atom stereocenters. The number of aryl methyl sites for hydroxylation is 1. The number of hydrogen-bond acceptors (Lipinski definition) is 3. The summed E-state index contributed by atoms with van der Waals surface area (Å²) >= 11 is 0. The summed E-state index contributed by atoms with van der Waals surface area (Å²) in [7, 11) is 0. The van der Waals surface area contributed by atoms with Gasteiger partial charge >= 0.3 is 6.03 Å². The fourth-order valence-electron chi connectivity index (χ4n) is 1.16. The molecule has 0 aliphatic carbocycles. The third-order valence-corrected chi connectivity index (χ3v) is 1.74. The number of anilines is 1. The number of hydrogen-bond donors (Lipinski definition) is 1. The van der Waals surface area contributed by atoms with E-state index in [0.29, 0.717) is 19.0 Å². The first kappa shape index (κ1) is 7.15. The van der Waals surface area contributed by atoms with Crippen molar-refractivity contribution in [2.45, 2.75) is 6.92 Å². The molecule has 2 amide bonds. The van der Waals surface area contributed by atoms with E-state index >= 15 is 0 Å². The Morgan fingerprint density at radius 1 is 1.75 bits per heavy atom. The van der Waals surface area contributed by atoms with Gasteiger partial charge in [0.1, 0.15) is 0 Å². The van der Waals surface area contributed by atoms with Crippen LogP contribution in [0.5, 0.6) is 0 Å².